The highest BCUT2D eigenvalue weighted by molar-refractivity contribution is 7.89. The minimum Gasteiger partial charge on any atom is -0.277 e. The highest BCUT2D eigenvalue weighted by Gasteiger charge is 2.23. The number of hydrogen-bond donors (Lipinski definition) is 0. The van der Waals surface area contributed by atoms with Gasteiger partial charge in [-0.15, -0.1) is 0 Å². The van der Waals surface area contributed by atoms with Gasteiger partial charge in [0.25, 0.3) is 0 Å². The normalized spacial score (nSPS) is 23.2. The van der Waals surface area contributed by atoms with Crippen molar-refractivity contribution in [3.05, 3.63) is 11.8 Å². The lowest BCUT2D eigenvalue weighted by Crippen LogP contribution is -2.25. The van der Waals surface area contributed by atoms with Crippen molar-refractivity contribution >= 4 is 9.84 Å². The van der Waals surface area contributed by atoms with Crippen LogP contribution in [0.1, 0.15) is 52.4 Å². The molecule has 0 bridgehead atoms. The van der Waals surface area contributed by atoms with E-state index < -0.39 is 9.84 Å². The summed E-state index contributed by atoms with van der Waals surface area (Å²) < 4.78 is 19.3. The molecule has 21 heavy (non-hydrogen) atoms. The van der Waals surface area contributed by atoms with Crippen LogP contribution in [0.5, 0.6) is 0 Å². The van der Waals surface area contributed by atoms with Gasteiger partial charge in [-0.1, -0.05) is 39.2 Å². The van der Waals surface area contributed by atoms with Gasteiger partial charge in [-0.2, -0.15) is 0 Å². The second kappa shape index (κ2) is 10.2. The van der Waals surface area contributed by atoms with Crippen LogP contribution in [-0.2, 0) is 14.7 Å². The summed E-state index contributed by atoms with van der Waals surface area (Å²) in [5.74, 6) is 1.63. The Balaban J connectivity index is 0.000000690. The van der Waals surface area contributed by atoms with Gasteiger partial charge in [0.15, 0.2) is 0 Å². The molecule has 0 heterocycles. The van der Waals surface area contributed by atoms with Crippen molar-refractivity contribution < 1.29 is 13.3 Å². The maximum absolute atomic E-state index is 9.63. The van der Waals surface area contributed by atoms with Crippen molar-refractivity contribution in [1.82, 2.24) is 5.06 Å². The summed E-state index contributed by atoms with van der Waals surface area (Å²) in [7, 11) is 1.12. The summed E-state index contributed by atoms with van der Waals surface area (Å²) in [6, 6.07) is 0. The van der Waals surface area contributed by atoms with Crippen LogP contribution in [0.15, 0.2) is 11.8 Å². The number of unbranched alkanes of at least 4 members (excludes halogenated alkanes) is 1. The van der Waals surface area contributed by atoms with Crippen molar-refractivity contribution in [2.24, 2.45) is 11.8 Å². The summed E-state index contributed by atoms with van der Waals surface area (Å²) in [6.45, 7) is 4.59. The standard InChI is InChI=1S/C14H27NO.C2H6O2S/c1-5-6-7-14(15(3)16-4)13-10-8-12(2)9-11-13;1-5(2,3)4/h7,12-13H,5-6,8-11H2,1-4H3;1-2H3/b14-7+;. The first-order chi connectivity index (χ1) is 9.69. The van der Waals surface area contributed by atoms with Crippen LogP contribution in [-0.4, -0.2) is 40.2 Å². The van der Waals surface area contributed by atoms with E-state index in [0.717, 1.165) is 24.9 Å². The Morgan fingerprint density at radius 3 is 2.10 bits per heavy atom. The Labute approximate surface area is 131 Å². The van der Waals surface area contributed by atoms with Crippen LogP contribution in [0.2, 0.25) is 0 Å². The van der Waals surface area contributed by atoms with E-state index in [2.05, 4.69) is 19.9 Å². The summed E-state index contributed by atoms with van der Waals surface area (Å²) in [6.07, 6.45) is 12.4. The van der Waals surface area contributed by atoms with Gasteiger partial charge in [0.1, 0.15) is 9.84 Å². The van der Waals surface area contributed by atoms with Gasteiger partial charge in [0.05, 0.1) is 7.11 Å². The third-order valence-corrected chi connectivity index (χ3v) is 3.71. The third-order valence-electron chi connectivity index (χ3n) is 3.71. The first kappa shape index (κ1) is 20.5. The van der Waals surface area contributed by atoms with E-state index in [-0.39, 0.29) is 0 Å². The summed E-state index contributed by atoms with van der Waals surface area (Å²) in [5.41, 5.74) is 1.40. The minimum absolute atomic E-state index is 0.715. The van der Waals surface area contributed by atoms with Gasteiger partial charge >= 0.3 is 0 Å². The maximum Gasteiger partial charge on any atom is 0.144 e. The van der Waals surface area contributed by atoms with E-state index in [1.54, 1.807) is 7.11 Å². The number of nitrogens with zero attached hydrogens (tertiary/aromatic N) is 1. The quantitative estimate of drug-likeness (QED) is 0.726. The van der Waals surface area contributed by atoms with Gasteiger partial charge in [-0.05, 0) is 25.2 Å². The zero-order chi connectivity index (χ0) is 16.5. The number of hydrogen-bond acceptors (Lipinski definition) is 4. The average molecular weight is 320 g/mol. The Kier molecular flexibility index (Phi) is 9.95. The lowest BCUT2D eigenvalue weighted by Gasteiger charge is -2.32. The number of sulfone groups is 1. The van der Waals surface area contributed by atoms with Crippen LogP contribution < -0.4 is 0 Å². The highest BCUT2D eigenvalue weighted by Crippen LogP contribution is 2.34. The molecule has 0 aromatic rings. The molecule has 5 heteroatoms. The molecule has 0 aliphatic heterocycles. The fourth-order valence-electron chi connectivity index (χ4n) is 2.51. The Hall–Kier alpha value is -0.550. The summed E-state index contributed by atoms with van der Waals surface area (Å²) in [4.78, 5) is 5.35. The van der Waals surface area contributed by atoms with Crippen LogP contribution in [0, 0.1) is 11.8 Å². The molecule has 0 radical (unpaired) electrons. The predicted molar refractivity (Wildman–Crippen MR) is 89.7 cm³/mol. The largest absolute Gasteiger partial charge is 0.277 e. The molecular formula is C16H33NO3S. The molecule has 1 rings (SSSR count). The second-order valence-electron chi connectivity index (χ2n) is 6.20. The Bertz CT molecular complexity index is 388. The van der Waals surface area contributed by atoms with Crippen molar-refractivity contribution in [1.29, 1.82) is 0 Å². The molecule has 4 nitrogen and oxygen atoms in total. The Morgan fingerprint density at radius 2 is 1.71 bits per heavy atom. The first-order valence-corrected chi connectivity index (χ1v) is 10.1. The molecule has 0 N–H and O–H groups in total. The first-order valence-electron chi connectivity index (χ1n) is 7.81. The van der Waals surface area contributed by atoms with Crippen LogP contribution >= 0.6 is 0 Å². The smallest absolute Gasteiger partial charge is 0.144 e. The monoisotopic (exact) mass is 319 g/mol. The van der Waals surface area contributed by atoms with Crippen molar-refractivity contribution in [2.75, 3.05) is 26.7 Å². The zero-order valence-corrected chi connectivity index (χ0v) is 15.4. The molecule has 0 atom stereocenters. The van der Waals surface area contributed by atoms with E-state index in [0.29, 0.717) is 5.92 Å². The molecule has 1 saturated carbocycles. The van der Waals surface area contributed by atoms with E-state index in [1.165, 1.54) is 37.8 Å². The van der Waals surface area contributed by atoms with Gasteiger partial charge < -0.3 is 0 Å². The molecule has 0 saturated heterocycles. The maximum atomic E-state index is 9.63. The lowest BCUT2D eigenvalue weighted by molar-refractivity contribution is -0.0881. The lowest BCUT2D eigenvalue weighted by atomic mass is 9.81. The van der Waals surface area contributed by atoms with Gasteiger partial charge in [0.2, 0.25) is 0 Å². The molecule has 1 aliphatic rings. The zero-order valence-electron chi connectivity index (χ0n) is 14.6. The van der Waals surface area contributed by atoms with Gasteiger partial charge in [0, 0.05) is 31.2 Å². The van der Waals surface area contributed by atoms with Crippen molar-refractivity contribution in [3.8, 4) is 0 Å². The number of allylic oxidation sites excluding steroid dienone is 2. The molecule has 0 aromatic carbocycles. The summed E-state index contributed by atoms with van der Waals surface area (Å²) in [5, 5.41) is 1.95. The molecule has 0 unspecified atom stereocenters. The molecular weight excluding hydrogens is 286 g/mol. The van der Waals surface area contributed by atoms with Crippen LogP contribution in [0.25, 0.3) is 0 Å². The SMILES string of the molecule is CCC/C=C(\C1CCC(C)CC1)N(C)OC.CS(C)(=O)=O. The topological polar surface area (TPSA) is 46.6 Å². The van der Waals surface area contributed by atoms with Crippen molar-refractivity contribution in [3.63, 3.8) is 0 Å². The average Bonchev–Trinajstić information content (AvgIpc) is 2.39. The number of rotatable bonds is 5. The van der Waals surface area contributed by atoms with Crippen LogP contribution in [0.3, 0.4) is 0 Å². The van der Waals surface area contributed by atoms with Crippen molar-refractivity contribution in [2.45, 2.75) is 52.4 Å². The highest BCUT2D eigenvalue weighted by atomic mass is 32.2. The fraction of sp³-hybridized carbons (Fsp3) is 0.875. The minimum atomic E-state index is -2.67. The summed E-state index contributed by atoms with van der Waals surface area (Å²) >= 11 is 0. The molecule has 0 spiro atoms. The van der Waals surface area contributed by atoms with Gasteiger partial charge in [-0.3, -0.25) is 9.90 Å². The predicted octanol–water partition coefficient (Wildman–Crippen LogP) is 3.65. The molecule has 126 valence electrons. The molecule has 1 aliphatic carbocycles. The van der Waals surface area contributed by atoms with E-state index in [4.69, 9.17) is 4.84 Å². The van der Waals surface area contributed by atoms with E-state index in [1.807, 2.05) is 12.1 Å². The third kappa shape index (κ3) is 10.8. The second-order valence-corrected chi connectivity index (χ2v) is 8.48. The Morgan fingerprint density at radius 1 is 1.24 bits per heavy atom. The molecule has 0 amide bonds. The van der Waals surface area contributed by atoms with E-state index >= 15 is 0 Å². The van der Waals surface area contributed by atoms with Gasteiger partial charge in [-0.25, -0.2) is 8.42 Å². The van der Waals surface area contributed by atoms with Crippen LogP contribution in [0.4, 0.5) is 0 Å². The molecule has 0 aromatic heterocycles. The van der Waals surface area contributed by atoms with E-state index in [9.17, 15) is 8.42 Å². The number of hydroxylamine groups is 2. The fourth-order valence-corrected chi connectivity index (χ4v) is 2.51. The molecule has 1 fully saturated rings.